The van der Waals surface area contributed by atoms with E-state index in [2.05, 4.69) is 36.8 Å². The number of nitrogens with zero attached hydrogens (tertiary/aromatic N) is 3. The van der Waals surface area contributed by atoms with Crippen LogP contribution in [0.15, 0.2) is 43.9 Å². The molecule has 0 aliphatic carbocycles. The second-order valence-electron chi connectivity index (χ2n) is 5.47. The van der Waals surface area contributed by atoms with Gasteiger partial charge in [-0.2, -0.15) is 0 Å². The zero-order valence-electron chi connectivity index (χ0n) is 13.1. The summed E-state index contributed by atoms with van der Waals surface area (Å²) in [6, 6.07) is 9.28. The molecule has 5 nitrogen and oxygen atoms in total. The number of amides is 1. The number of hydrogen-bond donors (Lipinski definition) is 0. The maximum atomic E-state index is 12.9. The molecule has 0 fully saturated rings. The first-order valence-corrected chi connectivity index (χ1v) is 9.62. The van der Waals surface area contributed by atoms with Gasteiger partial charge in [-0.1, -0.05) is 27.3 Å². The Morgan fingerprint density at radius 1 is 1.21 bits per heavy atom. The van der Waals surface area contributed by atoms with E-state index >= 15 is 0 Å². The first-order chi connectivity index (χ1) is 11.4. The number of rotatable bonds is 5. The normalized spacial score (nSPS) is 11.4. The summed E-state index contributed by atoms with van der Waals surface area (Å²) in [7, 11) is 3.95. The molecular weight excluding hydrogens is 458 g/mol. The third kappa shape index (κ3) is 3.88. The SMILES string of the molecule is CN(C)CCN(C(=O)c1ccc(Br)o1)c1nc2ccc(Br)cc2s1. The summed E-state index contributed by atoms with van der Waals surface area (Å²) in [5.41, 5.74) is 0.876. The van der Waals surface area contributed by atoms with Crippen molar-refractivity contribution in [3.05, 3.63) is 45.2 Å². The Hall–Kier alpha value is -1.22. The molecule has 0 aliphatic heterocycles. The molecule has 0 radical (unpaired) electrons. The Bertz CT molecular complexity index is 875. The first-order valence-electron chi connectivity index (χ1n) is 7.22. The van der Waals surface area contributed by atoms with Crippen molar-refractivity contribution in [2.75, 3.05) is 32.1 Å². The number of hydrogen-bond acceptors (Lipinski definition) is 5. The van der Waals surface area contributed by atoms with Crippen LogP contribution in [0.4, 0.5) is 5.13 Å². The minimum atomic E-state index is -0.194. The topological polar surface area (TPSA) is 49.6 Å². The predicted octanol–water partition coefficient (Wildman–Crippen LogP) is 4.62. The van der Waals surface area contributed by atoms with Gasteiger partial charge in [0.25, 0.3) is 5.91 Å². The lowest BCUT2D eigenvalue weighted by molar-refractivity contribution is 0.0957. The van der Waals surface area contributed by atoms with Gasteiger partial charge in [-0.25, -0.2) is 4.98 Å². The standard InChI is InChI=1S/C16H15Br2N3O2S/c1-20(2)7-8-21(15(22)12-5-6-14(18)23-12)16-19-11-4-3-10(17)9-13(11)24-16/h3-6,9H,7-8H2,1-2H3. The Morgan fingerprint density at radius 2 is 2.00 bits per heavy atom. The number of halogens is 2. The predicted molar refractivity (Wildman–Crippen MR) is 104 cm³/mol. The van der Waals surface area contributed by atoms with Crippen molar-refractivity contribution in [2.45, 2.75) is 0 Å². The molecule has 24 heavy (non-hydrogen) atoms. The zero-order valence-corrected chi connectivity index (χ0v) is 17.1. The second kappa shape index (κ2) is 7.35. The van der Waals surface area contributed by atoms with Gasteiger partial charge in [0.05, 0.1) is 10.2 Å². The Kier molecular flexibility index (Phi) is 5.39. The van der Waals surface area contributed by atoms with Gasteiger partial charge < -0.3 is 9.32 Å². The van der Waals surface area contributed by atoms with Crippen LogP contribution in [-0.4, -0.2) is 43.0 Å². The Morgan fingerprint density at radius 3 is 2.67 bits per heavy atom. The fourth-order valence-electron chi connectivity index (χ4n) is 2.15. The molecule has 1 aromatic carbocycles. The van der Waals surface area contributed by atoms with Crippen LogP contribution in [0.5, 0.6) is 0 Å². The number of furan rings is 1. The zero-order chi connectivity index (χ0) is 17.3. The monoisotopic (exact) mass is 471 g/mol. The van der Waals surface area contributed by atoms with Gasteiger partial charge in [-0.3, -0.25) is 9.69 Å². The van der Waals surface area contributed by atoms with E-state index in [1.54, 1.807) is 17.0 Å². The quantitative estimate of drug-likeness (QED) is 0.543. The average molecular weight is 473 g/mol. The number of thiazole rings is 1. The van der Waals surface area contributed by atoms with Crippen molar-refractivity contribution < 1.29 is 9.21 Å². The lowest BCUT2D eigenvalue weighted by Crippen LogP contribution is -2.36. The van der Waals surface area contributed by atoms with E-state index in [1.165, 1.54) is 11.3 Å². The molecule has 3 rings (SSSR count). The number of fused-ring (bicyclic) bond motifs is 1. The van der Waals surface area contributed by atoms with Crippen LogP contribution in [0.2, 0.25) is 0 Å². The molecular formula is C16H15Br2N3O2S. The molecule has 2 aromatic heterocycles. The van der Waals surface area contributed by atoms with Crippen LogP contribution in [0.25, 0.3) is 10.2 Å². The third-order valence-corrected chi connectivity index (χ3v) is 5.33. The largest absolute Gasteiger partial charge is 0.444 e. The number of aromatic nitrogens is 1. The molecule has 0 saturated carbocycles. The van der Waals surface area contributed by atoms with Crippen LogP contribution >= 0.6 is 43.2 Å². The summed E-state index contributed by atoms with van der Waals surface area (Å²) < 4.78 is 7.99. The lowest BCUT2D eigenvalue weighted by atomic mass is 10.3. The number of carbonyl (C=O) groups excluding carboxylic acids is 1. The molecule has 2 heterocycles. The van der Waals surface area contributed by atoms with Crippen molar-refractivity contribution in [1.82, 2.24) is 9.88 Å². The summed E-state index contributed by atoms with van der Waals surface area (Å²) in [6.07, 6.45) is 0. The highest BCUT2D eigenvalue weighted by Crippen LogP contribution is 2.32. The smallest absolute Gasteiger partial charge is 0.295 e. The second-order valence-corrected chi connectivity index (χ2v) is 8.18. The van der Waals surface area contributed by atoms with Crippen LogP contribution in [0.1, 0.15) is 10.6 Å². The minimum Gasteiger partial charge on any atom is -0.444 e. The molecule has 0 saturated heterocycles. The number of likely N-dealkylation sites (N-methyl/N-ethyl adjacent to an activating group) is 1. The summed E-state index contributed by atoms with van der Waals surface area (Å²) in [6.45, 7) is 1.26. The van der Waals surface area contributed by atoms with Gasteiger partial charge in [0, 0.05) is 17.6 Å². The molecule has 0 N–H and O–H groups in total. The third-order valence-electron chi connectivity index (χ3n) is 3.37. The van der Waals surface area contributed by atoms with E-state index in [0.29, 0.717) is 22.1 Å². The van der Waals surface area contributed by atoms with Crippen molar-refractivity contribution >= 4 is 64.5 Å². The maximum Gasteiger partial charge on any atom is 0.295 e. The Labute approximate surface area is 160 Å². The molecule has 0 aliphatic rings. The van der Waals surface area contributed by atoms with E-state index in [-0.39, 0.29) is 5.91 Å². The van der Waals surface area contributed by atoms with E-state index < -0.39 is 0 Å². The van der Waals surface area contributed by atoms with Crippen molar-refractivity contribution in [1.29, 1.82) is 0 Å². The van der Waals surface area contributed by atoms with Gasteiger partial charge in [-0.05, 0) is 60.4 Å². The fraction of sp³-hybridized carbons (Fsp3) is 0.250. The first kappa shape index (κ1) is 17.6. The fourth-order valence-corrected chi connectivity index (χ4v) is 4.00. The molecule has 126 valence electrons. The molecule has 8 heteroatoms. The lowest BCUT2D eigenvalue weighted by Gasteiger charge is -2.20. The van der Waals surface area contributed by atoms with Crippen molar-refractivity contribution in [2.24, 2.45) is 0 Å². The summed E-state index contributed by atoms with van der Waals surface area (Å²) in [4.78, 5) is 21.2. The van der Waals surface area contributed by atoms with E-state index in [9.17, 15) is 4.79 Å². The van der Waals surface area contributed by atoms with Crippen LogP contribution in [0, 0.1) is 0 Å². The van der Waals surface area contributed by atoms with E-state index in [0.717, 1.165) is 21.2 Å². The van der Waals surface area contributed by atoms with Crippen LogP contribution < -0.4 is 4.90 Å². The van der Waals surface area contributed by atoms with Gasteiger partial charge in [0.15, 0.2) is 15.6 Å². The molecule has 0 atom stereocenters. The summed E-state index contributed by atoms with van der Waals surface area (Å²) >= 11 is 8.20. The molecule has 0 bridgehead atoms. The number of carbonyl (C=O) groups is 1. The van der Waals surface area contributed by atoms with E-state index in [1.807, 2.05) is 37.2 Å². The van der Waals surface area contributed by atoms with Gasteiger partial charge in [-0.15, -0.1) is 0 Å². The number of anilines is 1. The van der Waals surface area contributed by atoms with Crippen molar-refractivity contribution in [3.63, 3.8) is 0 Å². The number of benzene rings is 1. The highest BCUT2D eigenvalue weighted by Gasteiger charge is 2.24. The maximum absolute atomic E-state index is 12.9. The van der Waals surface area contributed by atoms with Gasteiger partial charge in [0.1, 0.15) is 0 Å². The molecule has 0 spiro atoms. The van der Waals surface area contributed by atoms with E-state index in [4.69, 9.17) is 4.42 Å². The Balaban J connectivity index is 1.97. The highest BCUT2D eigenvalue weighted by atomic mass is 79.9. The molecule has 3 aromatic rings. The minimum absolute atomic E-state index is 0.194. The van der Waals surface area contributed by atoms with Crippen LogP contribution in [0.3, 0.4) is 0 Å². The molecule has 0 unspecified atom stereocenters. The summed E-state index contributed by atoms with van der Waals surface area (Å²) in [5.74, 6) is 0.0988. The average Bonchev–Trinajstić information content (AvgIpc) is 3.12. The van der Waals surface area contributed by atoms with Crippen molar-refractivity contribution in [3.8, 4) is 0 Å². The summed E-state index contributed by atoms with van der Waals surface area (Å²) in [5, 5.41) is 0.669. The highest BCUT2D eigenvalue weighted by molar-refractivity contribution is 9.10. The van der Waals surface area contributed by atoms with Crippen LogP contribution in [-0.2, 0) is 0 Å². The van der Waals surface area contributed by atoms with Gasteiger partial charge >= 0.3 is 0 Å². The van der Waals surface area contributed by atoms with Gasteiger partial charge in [0.2, 0.25) is 0 Å². The molecule has 1 amide bonds.